The zero-order valence-corrected chi connectivity index (χ0v) is 22.2. The molecular formula is C29H31N3O4S. The van der Waals surface area contributed by atoms with Gasteiger partial charge in [-0.3, -0.25) is 19.7 Å². The fourth-order valence-corrected chi connectivity index (χ4v) is 5.89. The Morgan fingerprint density at radius 3 is 2.32 bits per heavy atom. The lowest BCUT2D eigenvalue weighted by molar-refractivity contribution is -0.384. The van der Waals surface area contributed by atoms with Crippen LogP contribution in [-0.2, 0) is 16.6 Å². The van der Waals surface area contributed by atoms with Gasteiger partial charge in [-0.15, -0.1) is 11.3 Å². The molecule has 8 heteroatoms. The number of nitro groups is 1. The number of amides is 2. The summed E-state index contributed by atoms with van der Waals surface area (Å²) in [6.45, 7) is 7.15. The topological polar surface area (TPSA) is 83.8 Å². The third kappa shape index (κ3) is 5.16. The van der Waals surface area contributed by atoms with Crippen LogP contribution in [0.3, 0.4) is 0 Å². The van der Waals surface area contributed by atoms with E-state index in [4.69, 9.17) is 0 Å². The quantitative estimate of drug-likeness (QED) is 0.309. The van der Waals surface area contributed by atoms with Crippen molar-refractivity contribution in [3.05, 3.63) is 97.2 Å². The number of hydrogen-bond acceptors (Lipinski definition) is 5. The van der Waals surface area contributed by atoms with E-state index < -0.39 is 4.92 Å². The average molecular weight is 518 g/mol. The van der Waals surface area contributed by atoms with Crippen molar-refractivity contribution >= 4 is 28.8 Å². The Balaban J connectivity index is 1.41. The molecule has 0 radical (unpaired) electrons. The molecule has 1 aromatic heterocycles. The van der Waals surface area contributed by atoms with Crippen LogP contribution < -0.4 is 0 Å². The van der Waals surface area contributed by atoms with Crippen molar-refractivity contribution in [2.45, 2.75) is 57.5 Å². The van der Waals surface area contributed by atoms with Gasteiger partial charge in [-0.2, -0.15) is 0 Å². The number of benzene rings is 2. The predicted octanol–water partition coefficient (Wildman–Crippen LogP) is 5.73. The van der Waals surface area contributed by atoms with Gasteiger partial charge in [0.25, 0.3) is 11.6 Å². The number of nitro benzene ring substituents is 1. The van der Waals surface area contributed by atoms with Crippen molar-refractivity contribution in [1.82, 2.24) is 9.80 Å². The van der Waals surface area contributed by atoms with Crippen LogP contribution in [0.4, 0.5) is 5.69 Å². The second kappa shape index (κ2) is 9.74. The summed E-state index contributed by atoms with van der Waals surface area (Å²) in [7, 11) is 0. The molecule has 1 aliphatic carbocycles. The van der Waals surface area contributed by atoms with Gasteiger partial charge in [0.05, 0.1) is 11.0 Å². The largest absolute Gasteiger partial charge is 0.330 e. The Hall–Kier alpha value is -3.52. The van der Waals surface area contributed by atoms with Gasteiger partial charge in [0.1, 0.15) is 6.54 Å². The molecule has 1 atom stereocenters. The van der Waals surface area contributed by atoms with Crippen LogP contribution in [0.5, 0.6) is 0 Å². The van der Waals surface area contributed by atoms with Crippen molar-refractivity contribution in [2.75, 3.05) is 13.1 Å². The van der Waals surface area contributed by atoms with Gasteiger partial charge < -0.3 is 9.80 Å². The van der Waals surface area contributed by atoms with Crippen LogP contribution in [0.1, 0.15) is 71.6 Å². The summed E-state index contributed by atoms with van der Waals surface area (Å²) >= 11 is 1.73. The van der Waals surface area contributed by atoms with E-state index in [1.807, 2.05) is 4.90 Å². The van der Waals surface area contributed by atoms with Crippen LogP contribution >= 0.6 is 11.3 Å². The molecule has 3 aromatic rings. The highest BCUT2D eigenvalue weighted by atomic mass is 32.1. The van der Waals surface area contributed by atoms with E-state index in [1.165, 1.54) is 34.7 Å². The molecule has 0 N–H and O–H groups in total. The van der Waals surface area contributed by atoms with Crippen LogP contribution in [0.15, 0.2) is 60.0 Å². The molecule has 0 spiro atoms. The Morgan fingerprint density at radius 1 is 1.05 bits per heavy atom. The highest BCUT2D eigenvalue weighted by Gasteiger charge is 2.38. The lowest BCUT2D eigenvalue weighted by atomic mass is 9.85. The van der Waals surface area contributed by atoms with Gasteiger partial charge in [-0.1, -0.05) is 45.0 Å². The minimum absolute atomic E-state index is 0.00344. The fraction of sp³-hybridized carbons (Fsp3) is 0.379. The zero-order chi connectivity index (χ0) is 26.3. The highest BCUT2D eigenvalue weighted by Crippen LogP contribution is 2.39. The molecule has 192 valence electrons. The normalized spacial score (nSPS) is 17.3. The van der Waals surface area contributed by atoms with E-state index >= 15 is 0 Å². The Kier molecular flexibility index (Phi) is 6.62. The van der Waals surface area contributed by atoms with E-state index in [0.29, 0.717) is 12.1 Å². The second-order valence-corrected chi connectivity index (χ2v) is 11.9. The number of non-ortho nitro benzene ring substituents is 1. The lowest BCUT2D eigenvalue weighted by Crippen LogP contribution is -2.47. The molecule has 0 saturated heterocycles. The number of fused-ring (bicyclic) bond motifs is 1. The van der Waals surface area contributed by atoms with Gasteiger partial charge in [0, 0.05) is 35.2 Å². The smallest absolute Gasteiger partial charge is 0.269 e. The Morgan fingerprint density at radius 2 is 1.73 bits per heavy atom. The van der Waals surface area contributed by atoms with E-state index in [0.717, 1.165) is 30.4 Å². The summed E-state index contributed by atoms with van der Waals surface area (Å²) in [5, 5.41) is 13.1. The molecule has 37 heavy (non-hydrogen) atoms. The van der Waals surface area contributed by atoms with Gasteiger partial charge in [0.2, 0.25) is 5.91 Å². The average Bonchev–Trinajstić information content (AvgIpc) is 3.61. The number of thiophene rings is 1. The summed E-state index contributed by atoms with van der Waals surface area (Å²) in [5.74, 6) is -0.339. The summed E-state index contributed by atoms with van der Waals surface area (Å²) in [5.41, 5.74) is 3.80. The molecular weight excluding hydrogens is 486 g/mol. The van der Waals surface area contributed by atoms with Crippen molar-refractivity contribution in [2.24, 2.45) is 0 Å². The van der Waals surface area contributed by atoms with Gasteiger partial charge in [0.15, 0.2) is 0 Å². The van der Waals surface area contributed by atoms with Crippen molar-refractivity contribution in [3.63, 3.8) is 0 Å². The standard InChI is InChI=1S/C29H31N3O4S/c1-29(2,3)21-8-4-19(5-9-21)27-24-15-17-37-25(24)14-16-30(27)26(33)18-31(22-12-13-22)28(34)20-6-10-23(11-7-20)32(35)36/h4-11,15,17,22,27H,12-14,16,18H2,1-3H3/t27-/m1/s1. The molecule has 7 nitrogen and oxygen atoms in total. The van der Waals surface area contributed by atoms with E-state index in [2.05, 4.69) is 56.5 Å². The number of rotatable bonds is 6. The first-order chi connectivity index (χ1) is 17.6. The molecule has 2 aromatic carbocycles. The molecule has 5 rings (SSSR count). The molecule has 1 saturated carbocycles. The van der Waals surface area contributed by atoms with E-state index in [1.54, 1.807) is 16.2 Å². The summed E-state index contributed by atoms with van der Waals surface area (Å²) in [4.78, 5) is 42.5. The van der Waals surface area contributed by atoms with Crippen molar-refractivity contribution in [3.8, 4) is 0 Å². The van der Waals surface area contributed by atoms with Crippen LogP contribution in [0.2, 0.25) is 0 Å². The third-order valence-electron chi connectivity index (χ3n) is 7.26. The SMILES string of the molecule is CC(C)(C)c1ccc([C@@H]2c3ccsc3CCN2C(=O)CN(C(=O)c2ccc([N+](=O)[O-])cc2)C2CC2)cc1. The van der Waals surface area contributed by atoms with Crippen molar-refractivity contribution < 1.29 is 14.5 Å². The van der Waals surface area contributed by atoms with Gasteiger partial charge in [-0.25, -0.2) is 0 Å². The van der Waals surface area contributed by atoms with Crippen molar-refractivity contribution in [1.29, 1.82) is 0 Å². The van der Waals surface area contributed by atoms with E-state index in [9.17, 15) is 19.7 Å². The molecule has 0 bridgehead atoms. The maximum atomic E-state index is 13.8. The molecule has 2 aliphatic rings. The fourth-order valence-electron chi connectivity index (χ4n) is 4.99. The monoisotopic (exact) mass is 517 g/mol. The first kappa shape index (κ1) is 25.1. The molecule has 2 heterocycles. The summed E-state index contributed by atoms with van der Waals surface area (Å²) < 4.78 is 0. The highest BCUT2D eigenvalue weighted by molar-refractivity contribution is 7.10. The molecule has 1 fully saturated rings. The zero-order valence-electron chi connectivity index (χ0n) is 21.3. The van der Waals surface area contributed by atoms with Crippen LogP contribution in [-0.4, -0.2) is 45.7 Å². The first-order valence-corrected chi connectivity index (χ1v) is 13.5. The second-order valence-electron chi connectivity index (χ2n) is 10.9. The summed E-state index contributed by atoms with van der Waals surface area (Å²) in [6, 6.07) is 16.1. The Bertz CT molecular complexity index is 1320. The third-order valence-corrected chi connectivity index (χ3v) is 8.25. The summed E-state index contributed by atoms with van der Waals surface area (Å²) in [6.07, 6.45) is 2.52. The molecule has 1 aliphatic heterocycles. The lowest BCUT2D eigenvalue weighted by Gasteiger charge is -2.38. The number of hydrogen-bond donors (Lipinski definition) is 0. The first-order valence-electron chi connectivity index (χ1n) is 12.6. The van der Waals surface area contributed by atoms with Crippen LogP contribution in [0, 0.1) is 10.1 Å². The number of nitrogens with zero attached hydrogens (tertiary/aromatic N) is 3. The number of carbonyl (C=O) groups is 2. The molecule has 0 unspecified atom stereocenters. The van der Waals surface area contributed by atoms with Gasteiger partial charge in [-0.05, 0) is 64.9 Å². The van der Waals surface area contributed by atoms with Gasteiger partial charge >= 0.3 is 0 Å². The number of carbonyl (C=O) groups excluding carboxylic acids is 2. The van der Waals surface area contributed by atoms with E-state index in [-0.39, 0.29) is 41.5 Å². The maximum absolute atomic E-state index is 13.8. The van der Waals surface area contributed by atoms with Crippen LogP contribution in [0.25, 0.3) is 0 Å². The molecule has 2 amide bonds. The predicted molar refractivity (Wildman–Crippen MR) is 144 cm³/mol. The minimum atomic E-state index is -0.486. The Labute approximate surface area is 220 Å². The maximum Gasteiger partial charge on any atom is 0.269 e. The minimum Gasteiger partial charge on any atom is -0.330 e.